The van der Waals surface area contributed by atoms with Crippen molar-refractivity contribution < 1.29 is 10.2 Å². The molecule has 1 aromatic heterocycles. The van der Waals surface area contributed by atoms with Gasteiger partial charge in [0, 0.05) is 11.8 Å². The average Bonchev–Trinajstić information content (AvgIpc) is 2.93. The number of hydrogen-bond acceptors (Lipinski definition) is 4. The Morgan fingerprint density at radius 3 is 2.38 bits per heavy atom. The highest BCUT2D eigenvalue weighted by Gasteiger charge is 2.15. The van der Waals surface area contributed by atoms with Crippen LogP contribution in [0.1, 0.15) is 11.1 Å². The maximum absolute atomic E-state index is 10.1. The number of phenolic OH excluding ortho intramolecular Hbond substituents is 2. The molecule has 0 atom stereocenters. The Bertz CT molecular complexity index is 792. The largest absolute Gasteiger partial charge is 0.508 e. The maximum Gasteiger partial charge on any atom is 0.172 e. The smallest absolute Gasteiger partial charge is 0.172 e. The van der Waals surface area contributed by atoms with Crippen LogP contribution in [-0.4, -0.2) is 25.0 Å². The van der Waals surface area contributed by atoms with Crippen molar-refractivity contribution in [1.29, 1.82) is 0 Å². The standard InChI is InChI=1S/C16H15N3O2/c1-10-3-5-12(6-4-10)19-9-17-18-16(19)13-7-11(2)14(20)8-15(13)21/h3-9,20-21H,1-2H3. The van der Waals surface area contributed by atoms with Gasteiger partial charge in [0.2, 0.25) is 0 Å². The van der Waals surface area contributed by atoms with Gasteiger partial charge in [-0.2, -0.15) is 0 Å². The summed E-state index contributed by atoms with van der Waals surface area (Å²) >= 11 is 0. The van der Waals surface area contributed by atoms with E-state index in [2.05, 4.69) is 10.2 Å². The van der Waals surface area contributed by atoms with Crippen LogP contribution in [0.5, 0.6) is 11.5 Å². The van der Waals surface area contributed by atoms with E-state index in [1.54, 1.807) is 23.9 Å². The average molecular weight is 281 g/mol. The number of phenols is 2. The normalized spacial score (nSPS) is 10.8. The summed E-state index contributed by atoms with van der Waals surface area (Å²) < 4.78 is 1.80. The Morgan fingerprint density at radius 2 is 1.67 bits per heavy atom. The number of benzene rings is 2. The number of aryl methyl sites for hydroxylation is 2. The molecule has 0 aliphatic carbocycles. The molecule has 0 fully saturated rings. The first-order valence-electron chi connectivity index (χ1n) is 6.56. The van der Waals surface area contributed by atoms with Crippen molar-refractivity contribution in [3.8, 4) is 28.6 Å². The Balaban J connectivity index is 2.15. The minimum Gasteiger partial charge on any atom is -0.508 e. The summed E-state index contributed by atoms with van der Waals surface area (Å²) in [7, 11) is 0. The van der Waals surface area contributed by atoms with Crippen LogP contribution in [0, 0.1) is 13.8 Å². The minimum atomic E-state index is -0.0283. The molecule has 106 valence electrons. The van der Waals surface area contributed by atoms with Gasteiger partial charge in [0.1, 0.15) is 17.8 Å². The molecule has 0 saturated carbocycles. The van der Waals surface area contributed by atoms with Gasteiger partial charge in [-0.1, -0.05) is 17.7 Å². The molecule has 2 aromatic carbocycles. The van der Waals surface area contributed by atoms with Gasteiger partial charge in [-0.3, -0.25) is 4.57 Å². The second-order valence-electron chi connectivity index (χ2n) is 5.02. The molecule has 2 N–H and O–H groups in total. The molecular formula is C16H15N3O2. The van der Waals surface area contributed by atoms with Crippen molar-refractivity contribution in [2.24, 2.45) is 0 Å². The van der Waals surface area contributed by atoms with Crippen LogP contribution >= 0.6 is 0 Å². The fraction of sp³-hybridized carbons (Fsp3) is 0.125. The van der Waals surface area contributed by atoms with Gasteiger partial charge in [0.05, 0.1) is 5.56 Å². The van der Waals surface area contributed by atoms with Crippen molar-refractivity contribution in [3.63, 3.8) is 0 Å². The first kappa shape index (κ1) is 13.2. The van der Waals surface area contributed by atoms with Crippen LogP contribution in [0.25, 0.3) is 17.1 Å². The van der Waals surface area contributed by atoms with Crippen molar-refractivity contribution in [3.05, 3.63) is 53.9 Å². The highest BCUT2D eigenvalue weighted by molar-refractivity contribution is 5.68. The molecule has 3 rings (SSSR count). The van der Waals surface area contributed by atoms with Gasteiger partial charge < -0.3 is 10.2 Å². The first-order valence-corrected chi connectivity index (χ1v) is 6.56. The third-order valence-electron chi connectivity index (χ3n) is 3.42. The minimum absolute atomic E-state index is 0.0283. The van der Waals surface area contributed by atoms with E-state index in [9.17, 15) is 10.2 Å². The predicted octanol–water partition coefficient (Wildman–Crippen LogP) is 2.96. The summed E-state index contributed by atoms with van der Waals surface area (Å²) in [6, 6.07) is 10.9. The third-order valence-corrected chi connectivity index (χ3v) is 3.42. The van der Waals surface area contributed by atoms with Crippen molar-refractivity contribution >= 4 is 0 Å². The molecule has 0 spiro atoms. The summed E-state index contributed by atoms with van der Waals surface area (Å²) in [5, 5.41) is 27.7. The Morgan fingerprint density at radius 1 is 0.952 bits per heavy atom. The molecule has 0 bridgehead atoms. The van der Waals surface area contributed by atoms with Crippen LogP contribution in [0.15, 0.2) is 42.7 Å². The van der Waals surface area contributed by atoms with E-state index in [0.717, 1.165) is 11.3 Å². The third kappa shape index (κ3) is 2.33. The number of aromatic hydroxyl groups is 2. The molecule has 0 amide bonds. The second kappa shape index (κ2) is 4.94. The fourth-order valence-electron chi connectivity index (χ4n) is 2.18. The SMILES string of the molecule is Cc1ccc(-n2cnnc2-c2cc(C)c(O)cc2O)cc1. The van der Waals surface area contributed by atoms with Gasteiger partial charge in [-0.25, -0.2) is 0 Å². The summed E-state index contributed by atoms with van der Waals surface area (Å²) in [5.41, 5.74) is 3.27. The lowest BCUT2D eigenvalue weighted by atomic mass is 10.1. The molecule has 1 heterocycles. The lowest BCUT2D eigenvalue weighted by Gasteiger charge is -2.10. The quantitative estimate of drug-likeness (QED) is 0.757. The molecule has 3 aromatic rings. The Labute approximate surface area is 122 Å². The predicted molar refractivity (Wildman–Crippen MR) is 79.6 cm³/mol. The zero-order valence-electron chi connectivity index (χ0n) is 11.8. The first-order chi connectivity index (χ1) is 10.1. The second-order valence-corrected chi connectivity index (χ2v) is 5.02. The topological polar surface area (TPSA) is 71.2 Å². The molecule has 0 aliphatic rings. The molecule has 0 unspecified atom stereocenters. The molecule has 0 saturated heterocycles. The van der Waals surface area contributed by atoms with Gasteiger partial charge in [-0.15, -0.1) is 10.2 Å². The molecule has 0 radical (unpaired) electrons. The summed E-state index contributed by atoms with van der Waals surface area (Å²) in [6.07, 6.45) is 1.60. The number of hydrogen-bond donors (Lipinski definition) is 2. The number of rotatable bonds is 2. The summed E-state index contributed by atoms with van der Waals surface area (Å²) in [5.74, 6) is 0.552. The molecule has 5 nitrogen and oxygen atoms in total. The lowest BCUT2D eigenvalue weighted by molar-refractivity contribution is 0.449. The highest BCUT2D eigenvalue weighted by Crippen LogP contribution is 2.34. The molecule has 0 aliphatic heterocycles. The van der Waals surface area contributed by atoms with E-state index < -0.39 is 0 Å². The van der Waals surface area contributed by atoms with Crippen LogP contribution in [0.2, 0.25) is 0 Å². The van der Waals surface area contributed by atoms with Gasteiger partial charge in [0.25, 0.3) is 0 Å². The summed E-state index contributed by atoms with van der Waals surface area (Å²) in [4.78, 5) is 0. The van der Waals surface area contributed by atoms with Crippen LogP contribution in [-0.2, 0) is 0 Å². The van der Waals surface area contributed by atoms with Crippen molar-refractivity contribution in [2.45, 2.75) is 13.8 Å². The van der Waals surface area contributed by atoms with Crippen LogP contribution in [0.3, 0.4) is 0 Å². The van der Waals surface area contributed by atoms with Crippen LogP contribution in [0.4, 0.5) is 0 Å². The highest BCUT2D eigenvalue weighted by atomic mass is 16.3. The van der Waals surface area contributed by atoms with Crippen molar-refractivity contribution in [2.75, 3.05) is 0 Å². The molecule has 5 heteroatoms. The monoisotopic (exact) mass is 281 g/mol. The Hall–Kier alpha value is -2.82. The zero-order chi connectivity index (χ0) is 15.0. The van der Waals surface area contributed by atoms with Crippen LogP contribution < -0.4 is 0 Å². The van der Waals surface area contributed by atoms with Crippen molar-refractivity contribution in [1.82, 2.24) is 14.8 Å². The van der Waals surface area contributed by atoms with Gasteiger partial charge in [-0.05, 0) is 37.6 Å². The molecule has 21 heavy (non-hydrogen) atoms. The number of aromatic nitrogens is 3. The van der Waals surface area contributed by atoms with E-state index in [1.807, 2.05) is 31.2 Å². The van der Waals surface area contributed by atoms with Gasteiger partial charge in [0.15, 0.2) is 5.82 Å². The van der Waals surface area contributed by atoms with E-state index in [4.69, 9.17) is 0 Å². The van der Waals surface area contributed by atoms with E-state index in [0.29, 0.717) is 17.0 Å². The number of nitrogens with zero attached hydrogens (tertiary/aromatic N) is 3. The maximum atomic E-state index is 10.1. The Kier molecular flexibility index (Phi) is 3.10. The van der Waals surface area contributed by atoms with Gasteiger partial charge >= 0.3 is 0 Å². The van der Waals surface area contributed by atoms with E-state index in [1.165, 1.54) is 6.07 Å². The zero-order valence-corrected chi connectivity index (χ0v) is 11.8. The summed E-state index contributed by atoms with van der Waals surface area (Å²) in [6.45, 7) is 3.79. The molecular weight excluding hydrogens is 266 g/mol. The van der Waals surface area contributed by atoms with E-state index in [-0.39, 0.29) is 11.5 Å². The fourth-order valence-corrected chi connectivity index (χ4v) is 2.18. The van der Waals surface area contributed by atoms with E-state index >= 15 is 0 Å². The lowest BCUT2D eigenvalue weighted by Crippen LogP contribution is -1.97.